The highest BCUT2D eigenvalue weighted by Crippen LogP contribution is 2.28. The molecule has 0 atom stereocenters. The van der Waals surface area contributed by atoms with Crippen molar-refractivity contribution >= 4 is 23.3 Å². The third-order valence-electron chi connectivity index (χ3n) is 3.38. The number of aromatic carboxylic acids is 1. The van der Waals surface area contributed by atoms with Gasteiger partial charge >= 0.3 is 5.97 Å². The van der Waals surface area contributed by atoms with Crippen LogP contribution in [0.25, 0.3) is 0 Å². The number of ether oxygens (including phenoxy) is 1. The van der Waals surface area contributed by atoms with Crippen molar-refractivity contribution in [2.45, 2.75) is 25.9 Å². The summed E-state index contributed by atoms with van der Waals surface area (Å²) in [5, 5.41) is 9.79. The maximum Gasteiger partial charge on any atom is 0.337 e. The maximum absolute atomic E-state index is 11.2. The van der Waals surface area contributed by atoms with Crippen LogP contribution >= 0.6 is 11.6 Å². The topological polar surface area (TPSA) is 49.8 Å². The number of nitrogens with zero attached hydrogens (tertiary/aromatic N) is 1. The van der Waals surface area contributed by atoms with Gasteiger partial charge in [-0.2, -0.15) is 0 Å². The first kappa shape index (κ1) is 14.2. The molecule has 2 rings (SSSR count). The Morgan fingerprint density at radius 3 is 2.74 bits per heavy atom. The summed E-state index contributed by atoms with van der Waals surface area (Å²) < 4.78 is 5.60. The zero-order valence-electron chi connectivity index (χ0n) is 10.9. The number of anilines is 1. The molecule has 1 aromatic rings. The second-order valence-electron chi connectivity index (χ2n) is 4.61. The summed E-state index contributed by atoms with van der Waals surface area (Å²) in [7, 11) is 0. The number of carboxylic acids is 1. The minimum Gasteiger partial charge on any atom is -0.478 e. The van der Waals surface area contributed by atoms with E-state index in [1.807, 2.05) is 6.92 Å². The van der Waals surface area contributed by atoms with Gasteiger partial charge in [-0.15, -0.1) is 0 Å². The number of rotatable bonds is 4. The molecule has 1 aliphatic rings. The Morgan fingerprint density at radius 1 is 1.47 bits per heavy atom. The van der Waals surface area contributed by atoms with Crippen LogP contribution < -0.4 is 4.90 Å². The van der Waals surface area contributed by atoms with Crippen LogP contribution in [0.1, 0.15) is 30.1 Å². The van der Waals surface area contributed by atoms with E-state index in [2.05, 4.69) is 4.90 Å². The van der Waals surface area contributed by atoms with Crippen molar-refractivity contribution in [3.05, 3.63) is 28.8 Å². The average molecular weight is 284 g/mol. The van der Waals surface area contributed by atoms with Crippen LogP contribution in [-0.4, -0.2) is 36.9 Å². The van der Waals surface area contributed by atoms with Crippen LogP contribution in [0.2, 0.25) is 5.02 Å². The number of hydrogen-bond donors (Lipinski definition) is 1. The molecule has 0 radical (unpaired) electrons. The van der Waals surface area contributed by atoms with Crippen molar-refractivity contribution in [3.63, 3.8) is 0 Å². The van der Waals surface area contributed by atoms with Crippen molar-refractivity contribution in [1.82, 2.24) is 0 Å². The first-order valence-corrected chi connectivity index (χ1v) is 6.89. The normalized spacial score (nSPS) is 16.6. The lowest BCUT2D eigenvalue weighted by molar-refractivity contribution is 0.0459. The van der Waals surface area contributed by atoms with Crippen molar-refractivity contribution < 1.29 is 14.6 Å². The molecule has 104 valence electrons. The molecule has 0 amide bonds. The summed E-state index contributed by atoms with van der Waals surface area (Å²) in [5.41, 5.74) is 1.01. The Hall–Kier alpha value is -1.26. The maximum atomic E-state index is 11.2. The number of halogens is 1. The van der Waals surface area contributed by atoms with Gasteiger partial charge in [0.25, 0.3) is 0 Å². The van der Waals surface area contributed by atoms with Crippen LogP contribution in [0.3, 0.4) is 0 Å². The lowest BCUT2D eigenvalue weighted by Crippen LogP contribution is -2.37. The van der Waals surface area contributed by atoms with E-state index in [1.54, 1.807) is 18.2 Å². The van der Waals surface area contributed by atoms with Gasteiger partial charge in [0.1, 0.15) is 0 Å². The molecule has 1 aromatic carbocycles. The van der Waals surface area contributed by atoms with E-state index in [0.29, 0.717) is 16.3 Å². The standard InChI is InChI=1S/C14H18ClNO3/c1-2-19-11-5-7-16(8-6-11)13-9-10(15)3-4-12(13)14(17)18/h3-4,9,11H,2,5-8H2,1H3,(H,17,18). The Morgan fingerprint density at radius 2 is 2.16 bits per heavy atom. The first-order chi connectivity index (χ1) is 9.11. The summed E-state index contributed by atoms with van der Waals surface area (Å²) in [5.74, 6) is -0.918. The fourth-order valence-electron chi connectivity index (χ4n) is 2.45. The molecule has 0 saturated carbocycles. The molecule has 1 N–H and O–H groups in total. The van der Waals surface area contributed by atoms with Crippen LogP contribution in [0.4, 0.5) is 5.69 Å². The molecule has 4 nitrogen and oxygen atoms in total. The molecular weight excluding hydrogens is 266 g/mol. The highest BCUT2D eigenvalue weighted by Gasteiger charge is 2.23. The Labute approximate surface area is 117 Å². The molecule has 0 unspecified atom stereocenters. The fourth-order valence-corrected chi connectivity index (χ4v) is 2.61. The smallest absolute Gasteiger partial charge is 0.337 e. The average Bonchev–Trinajstić information content (AvgIpc) is 2.39. The molecular formula is C14H18ClNO3. The lowest BCUT2D eigenvalue weighted by Gasteiger charge is -2.34. The summed E-state index contributed by atoms with van der Waals surface area (Å²) in [6.45, 7) is 4.31. The van der Waals surface area contributed by atoms with E-state index < -0.39 is 5.97 Å². The van der Waals surface area contributed by atoms with Gasteiger partial charge in [-0.05, 0) is 38.0 Å². The largest absolute Gasteiger partial charge is 0.478 e. The third kappa shape index (κ3) is 3.39. The summed E-state index contributed by atoms with van der Waals surface area (Å²) in [6, 6.07) is 4.90. The van der Waals surface area contributed by atoms with E-state index in [-0.39, 0.29) is 6.10 Å². The van der Waals surface area contributed by atoms with Crippen molar-refractivity contribution in [2.75, 3.05) is 24.6 Å². The van der Waals surface area contributed by atoms with E-state index in [9.17, 15) is 9.90 Å². The zero-order chi connectivity index (χ0) is 13.8. The van der Waals surface area contributed by atoms with Gasteiger partial charge in [0, 0.05) is 24.7 Å². The van der Waals surface area contributed by atoms with Crippen LogP contribution in [0.15, 0.2) is 18.2 Å². The molecule has 0 aliphatic carbocycles. The van der Waals surface area contributed by atoms with Gasteiger partial charge in [-0.3, -0.25) is 0 Å². The summed E-state index contributed by atoms with van der Waals surface area (Å²) in [4.78, 5) is 13.3. The van der Waals surface area contributed by atoms with Gasteiger partial charge in [0.2, 0.25) is 0 Å². The van der Waals surface area contributed by atoms with Crippen molar-refractivity contribution in [3.8, 4) is 0 Å². The molecule has 1 fully saturated rings. The van der Waals surface area contributed by atoms with Gasteiger partial charge in [0.15, 0.2) is 0 Å². The van der Waals surface area contributed by atoms with Gasteiger partial charge in [-0.25, -0.2) is 4.79 Å². The molecule has 19 heavy (non-hydrogen) atoms. The number of carbonyl (C=O) groups is 1. The quantitative estimate of drug-likeness (QED) is 0.923. The highest BCUT2D eigenvalue weighted by atomic mass is 35.5. The van der Waals surface area contributed by atoms with E-state index in [1.165, 1.54) is 0 Å². The Bertz CT molecular complexity index is 456. The van der Waals surface area contributed by atoms with Crippen molar-refractivity contribution in [2.24, 2.45) is 0 Å². The monoisotopic (exact) mass is 283 g/mol. The highest BCUT2D eigenvalue weighted by molar-refractivity contribution is 6.31. The summed E-state index contributed by atoms with van der Waals surface area (Å²) >= 11 is 5.97. The van der Waals surface area contributed by atoms with Gasteiger partial charge < -0.3 is 14.7 Å². The van der Waals surface area contributed by atoms with E-state index in [4.69, 9.17) is 16.3 Å². The SMILES string of the molecule is CCOC1CCN(c2cc(Cl)ccc2C(=O)O)CC1. The first-order valence-electron chi connectivity index (χ1n) is 6.51. The third-order valence-corrected chi connectivity index (χ3v) is 3.61. The number of benzene rings is 1. The van der Waals surface area contributed by atoms with Crippen LogP contribution in [-0.2, 0) is 4.74 Å². The minimum absolute atomic E-state index is 0.286. The van der Waals surface area contributed by atoms with E-state index >= 15 is 0 Å². The zero-order valence-corrected chi connectivity index (χ0v) is 11.7. The molecule has 0 bridgehead atoms. The fraction of sp³-hybridized carbons (Fsp3) is 0.500. The molecule has 5 heteroatoms. The minimum atomic E-state index is -0.918. The second kappa shape index (κ2) is 6.26. The Balaban J connectivity index is 2.14. The lowest BCUT2D eigenvalue weighted by atomic mass is 10.0. The van der Waals surface area contributed by atoms with Crippen LogP contribution in [0.5, 0.6) is 0 Å². The van der Waals surface area contributed by atoms with Crippen molar-refractivity contribution in [1.29, 1.82) is 0 Å². The Kier molecular flexibility index (Phi) is 4.66. The predicted octanol–water partition coefficient (Wildman–Crippen LogP) is 3.04. The number of carboxylic acid groups (broad SMARTS) is 1. The van der Waals surface area contributed by atoms with Gasteiger partial charge in [0.05, 0.1) is 17.4 Å². The summed E-state index contributed by atoms with van der Waals surface area (Å²) in [6.07, 6.45) is 2.12. The molecule has 1 heterocycles. The van der Waals surface area contributed by atoms with Crippen LogP contribution in [0, 0.1) is 0 Å². The molecule has 0 spiro atoms. The number of hydrogen-bond acceptors (Lipinski definition) is 3. The molecule has 1 aliphatic heterocycles. The predicted molar refractivity (Wildman–Crippen MR) is 75.3 cm³/mol. The van der Waals surface area contributed by atoms with Gasteiger partial charge in [-0.1, -0.05) is 11.6 Å². The molecule has 1 saturated heterocycles. The second-order valence-corrected chi connectivity index (χ2v) is 5.04. The van der Waals surface area contributed by atoms with E-state index in [0.717, 1.165) is 32.5 Å². The molecule has 0 aromatic heterocycles. The number of piperidine rings is 1.